The van der Waals surface area contributed by atoms with Gasteiger partial charge in [-0.3, -0.25) is 4.90 Å². The van der Waals surface area contributed by atoms with Crippen LogP contribution in [-0.2, 0) is 13.0 Å². The lowest BCUT2D eigenvalue weighted by Gasteiger charge is -2.36. The molecule has 28 heavy (non-hydrogen) atoms. The zero-order chi connectivity index (χ0) is 19.7. The van der Waals surface area contributed by atoms with E-state index in [0.717, 1.165) is 21.3 Å². The molecule has 1 aliphatic rings. The molecule has 0 unspecified atom stereocenters. The summed E-state index contributed by atoms with van der Waals surface area (Å²) in [7, 11) is 0. The summed E-state index contributed by atoms with van der Waals surface area (Å²) in [6.45, 7) is 0.371. The molecule has 3 N–H and O–H groups in total. The minimum Gasteiger partial charge on any atom is -0.396 e. The molecule has 0 bridgehead atoms. The number of carbonyl (C=O) groups is 1. The summed E-state index contributed by atoms with van der Waals surface area (Å²) in [5.74, 6) is 0.583. The van der Waals surface area contributed by atoms with Crippen molar-refractivity contribution in [1.29, 1.82) is 0 Å². The third-order valence-corrected chi connectivity index (χ3v) is 5.21. The van der Waals surface area contributed by atoms with Gasteiger partial charge >= 0.3 is 6.03 Å². The van der Waals surface area contributed by atoms with Crippen molar-refractivity contribution < 1.29 is 9.90 Å². The molecule has 0 saturated heterocycles. The number of aliphatic hydroxyl groups is 1. The Balaban J connectivity index is 1.86. The van der Waals surface area contributed by atoms with Crippen molar-refractivity contribution in [1.82, 2.24) is 9.97 Å². The number of hydrogen-bond donors (Lipinski definition) is 2. The van der Waals surface area contributed by atoms with E-state index < -0.39 is 0 Å². The Labute approximate surface area is 170 Å². The first kappa shape index (κ1) is 18.4. The number of nitrogen functional groups attached to an aromatic ring is 1. The van der Waals surface area contributed by atoms with Gasteiger partial charge in [0.15, 0.2) is 5.82 Å². The number of rotatable bonds is 4. The van der Waals surface area contributed by atoms with E-state index in [1.165, 1.54) is 4.90 Å². The first-order chi connectivity index (χ1) is 13.6. The van der Waals surface area contributed by atoms with Crippen LogP contribution in [-0.4, -0.2) is 27.7 Å². The van der Waals surface area contributed by atoms with Crippen LogP contribution >= 0.6 is 15.9 Å². The molecule has 0 spiro atoms. The molecule has 1 aliphatic heterocycles. The van der Waals surface area contributed by atoms with Crippen molar-refractivity contribution in [3.8, 4) is 0 Å². The second kappa shape index (κ2) is 7.57. The van der Waals surface area contributed by atoms with Crippen molar-refractivity contribution in [2.75, 3.05) is 22.1 Å². The summed E-state index contributed by atoms with van der Waals surface area (Å²) in [6.07, 6.45) is 2.15. The van der Waals surface area contributed by atoms with Crippen molar-refractivity contribution in [2.24, 2.45) is 0 Å². The van der Waals surface area contributed by atoms with E-state index in [1.807, 2.05) is 48.5 Å². The van der Waals surface area contributed by atoms with E-state index >= 15 is 0 Å². The van der Waals surface area contributed by atoms with Gasteiger partial charge in [-0.15, -0.1) is 0 Å². The van der Waals surface area contributed by atoms with Gasteiger partial charge in [-0.2, -0.15) is 4.98 Å². The highest BCUT2D eigenvalue weighted by atomic mass is 79.9. The van der Waals surface area contributed by atoms with Gasteiger partial charge in [0, 0.05) is 22.8 Å². The zero-order valence-electron chi connectivity index (χ0n) is 14.9. The lowest BCUT2D eigenvalue weighted by Crippen LogP contribution is -2.45. The summed E-state index contributed by atoms with van der Waals surface area (Å²) in [5.41, 5.74) is 8.93. The second-order valence-electron chi connectivity index (χ2n) is 6.38. The maximum Gasteiger partial charge on any atom is 0.335 e. The molecule has 1 aromatic heterocycles. The fourth-order valence-electron chi connectivity index (χ4n) is 3.24. The van der Waals surface area contributed by atoms with E-state index in [1.54, 1.807) is 11.1 Å². The Morgan fingerprint density at radius 1 is 1.18 bits per heavy atom. The van der Waals surface area contributed by atoms with Crippen molar-refractivity contribution in [3.05, 3.63) is 70.3 Å². The van der Waals surface area contributed by atoms with E-state index in [-0.39, 0.29) is 18.6 Å². The molecule has 2 heterocycles. The number of halogens is 1. The average Bonchev–Trinajstić information content (AvgIpc) is 2.69. The van der Waals surface area contributed by atoms with E-state index in [9.17, 15) is 9.90 Å². The van der Waals surface area contributed by atoms with Crippen LogP contribution in [0.25, 0.3) is 0 Å². The minimum absolute atomic E-state index is 0.0339. The van der Waals surface area contributed by atoms with Crippen LogP contribution in [0.5, 0.6) is 0 Å². The van der Waals surface area contributed by atoms with Gasteiger partial charge in [-0.1, -0.05) is 24.3 Å². The standard InChI is InChI=1S/C20H18BrN5O2/c21-16-6-1-2-7-17(16)25-12-14-11-23-19(22)24-18(14)26(20(25)28)15-5-3-4-13(10-15)8-9-27/h1-7,10-11,27H,8-9,12H2,(H2,22,23,24). The van der Waals surface area contributed by atoms with Crippen LogP contribution < -0.4 is 15.5 Å². The smallest absolute Gasteiger partial charge is 0.335 e. The summed E-state index contributed by atoms with van der Waals surface area (Å²) < 4.78 is 0.817. The second-order valence-corrected chi connectivity index (χ2v) is 7.23. The number of benzene rings is 2. The molecule has 0 atom stereocenters. The number of carbonyl (C=O) groups excluding carboxylic acids is 1. The summed E-state index contributed by atoms with van der Waals surface area (Å²) >= 11 is 3.53. The number of hydrogen-bond acceptors (Lipinski definition) is 5. The van der Waals surface area contributed by atoms with Gasteiger partial charge in [0.05, 0.1) is 17.9 Å². The van der Waals surface area contributed by atoms with Crippen LogP contribution in [0.15, 0.2) is 59.2 Å². The molecule has 0 aliphatic carbocycles. The predicted molar refractivity (Wildman–Crippen MR) is 112 cm³/mol. The molecule has 2 aromatic carbocycles. The molecular formula is C20H18BrN5O2. The third-order valence-electron chi connectivity index (χ3n) is 4.54. The molecule has 3 aromatic rings. The number of nitrogens with two attached hydrogens (primary N) is 1. The molecule has 8 heteroatoms. The number of fused-ring (bicyclic) bond motifs is 1. The van der Waals surface area contributed by atoms with Crippen LogP contribution in [0.3, 0.4) is 0 Å². The van der Waals surface area contributed by atoms with Crippen molar-refractivity contribution >= 4 is 45.1 Å². The Kier molecular flexibility index (Phi) is 4.97. The lowest BCUT2D eigenvalue weighted by molar-refractivity contribution is 0.252. The number of urea groups is 1. The summed E-state index contributed by atoms with van der Waals surface area (Å²) in [4.78, 5) is 25.1. The van der Waals surface area contributed by atoms with Crippen molar-refractivity contribution in [2.45, 2.75) is 13.0 Å². The highest BCUT2D eigenvalue weighted by molar-refractivity contribution is 9.10. The largest absolute Gasteiger partial charge is 0.396 e. The third kappa shape index (κ3) is 3.32. The number of amides is 2. The molecule has 0 saturated carbocycles. The Hall–Kier alpha value is -2.97. The number of nitrogens with zero attached hydrogens (tertiary/aromatic N) is 4. The maximum atomic E-state index is 13.5. The fraction of sp³-hybridized carbons (Fsp3) is 0.150. The van der Waals surface area contributed by atoms with Crippen LogP contribution in [0, 0.1) is 0 Å². The number of para-hydroxylation sites is 1. The zero-order valence-corrected chi connectivity index (χ0v) is 16.5. The van der Waals surface area contributed by atoms with Gasteiger partial charge < -0.3 is 10.8 Å². The Morgan fingerprint density at radius 2 is 2.00 bits per heavy atom. The molecule has 7 nitrogen and oxygen atoms in total. The van der Waals surface area contributed by atoms with Crippen LogP contribution in [0.4, 0.5) is 27.9 Å². The first-order valence-electron chi connectivity index (χ1n) is 8.76. The molecule has 2 amide bonds. The van der Waals surface area contributed by atoms with Gasteiger partial charge in [-0.25, -0.2) is 14.7 Å². The SMILES string of the molecule is Nc1ncc2c(n1)N(c1cccc(CCO)c1)C(=O)N(c1ccccc1Br)C2. The number of aliphatic hydroxyl groups excluding tert-OH is 1. The molecule has 0 radical (unpaired) electrons. The lowest BCUT2D eigenvalue weighted by atomic mass is 10.1. The number of aromatic nitrogens is 2. The molecule has 142 valence electrons. The quantitative estimate of drug-likeness (QED) is 0.646. The van der Waals surface area contributed by atoms with Gasteiger partial charge in [-0.05, 0) is 52.2 Å². The van der Waals surface area contributed by atoms with Gasteiger partial charge in [0.2, 0.25) is 5.95 Å². The predicted octanol–water partition coefficient (Wildman–Crippen LogP) is 3.63. The maximum absolute atomic E-state index is 13.5. The first-order valence-corrected chi connectivity index (χ1v) is 9.55. The minimum atomic E-state index is -0.237. The summed E-state index contributed by atoms with van der Waals surface area (Å²) in [5, 5.41) is 9.26. The highest BCUT2D eigenvalue weighted by Crippen LogP contribution is 2.38. The van der Waals surface area contributed by atoms with E-state index in [0.29, 0.717) is 24.5 Å². The van der Waals surface area contributed by atoms with Gasteiger partial charge in [0.1, 0.15) is 0 Å². The molecule has 4 rings (SSSR count). The normalized spacial score (nSPS) is 13.6. The fourth-order valence-corrected chi connectivity index (χ4v) is 3.74. The topological polar surface area (TPSA) is 95.6 Å². The molecular weight excluding hydrogens is 422 g/mol. The monoisotopic (exact) mass is 439 g/mol. The van der Waals surface area contributed by atoms with Crippen molar-refractivity contribution in [3.63, 3.8) is 0 Å². The van der Waals surface area contributed by atoms with E-state index in [2.05, 4.69) is 25.9 Å². The Morgan fingerprint density at radius 3 is 2.79 bits per heavy atom. The Bertz CT molecular complexity index is 1040. The van der Waals surface area contributed by atoms with E-state index in [4.69, 9.17) is 5.73 Å². The summed E-state index contributed by atoms with van der Waals surface area (Å²) in [6, 6.07) is 14.8. The van der Waals surface area contributed by atoms with Crippen LogP contribution in [0.1, 0.15) is 11.1 Å². The molecule has 0 fully saturated rings. The van der Waals surface area contributed by atoms with Gasteiger partial charge in [0.25, 0.3) is 0 Å². The highest BCUT2D eigenvalue weighted by Gasteiger charge is 2.34. The van der Waals surface area contributed by atoms with Crippen LogP contribution in [0.2, 0.25) is 0 Å². The average molecular weight is 440 g/mol. The number of anilines is 4.